The highest BCUT2D eigenvalue weighted by molar-refractivity contribution is 9.10. The lowest BCUT2D eigenvalue weighted by molar-refractivity contribution is 0.248. The van der Waals surface area contributed by atoms with Crippen molar-refractivity contribution in [3.05, 3.63) is 22.6 Å². The minimum Gasteiger partial charge on any atom is -0.453 e. The molecule has 0 spiro atoms. The predicted octanol–water partition coefficient (Wildman–Crippen LogP) is 1.51. The first-order chi connectivity index (χ1) is 5.72. The average Bonchev–Trinajstić information content (AvgIpc) is 2.47. The quantitative estimate of drug-likeness (QED) is 0.830. The molecule has 1 heterocycles. The summed E-state index contributed by atoms with van der Waals surface area (Å²) in [5.41, 5.74) is 0. The van der Waals surface area contributed by atoms with E-state index in [0.717, 1.165) is 10.4 Å². The van der Waals surface area contributed by atoms with Crippen LogP contribution in [0.2, 0.25) is 0 Å². The molecule has 12 heavy (non-hydrogen) atoms. The molecule has 0 aromatic carbocycles. The molecule has 0 saturated carbocycles. The van der Waals surface area contributed by atoms with Gasteiger partial charge in [-0.1, -0.05) is 0 Å². The van der Waals surface area contributed by atoms with Gasteiger partial charge in [-0.25, -0.2) is 0 Å². The van der Waals surface area contributed by atoms with E-state index in [0.29, 0.717) is 6.54 Å². The van der Waals surface area contributed by atoms with Crippen LogP contribution in [0.15, 0.2) is 21.2 Å². The Morgan fingerprint density at radius 3 is 2.92 bits per heavy atom. The summed E-state index contributed by atoms with van der Waals surface area (Å²) in [5.74, 6) is 0.863. The van der Waals surface area contributed by atoms with Crippen molar-refractivity contribution in [2.45, 2.75) is 19.5 Å². The second kappa shape index (κ2) is 4.64. The fourth-order valence-electron chi connectivity index (χ4n) is 0.786. The maximum Gasteiger partial charge on any atom is 0.169 e. The molecule has 0 amide bonds. The molecule has 1 aromatic heterocycles. The summed E-state index contributed by atoms with van der Waals surface area (Å²) in [4.78, 5) is 0. The topological polar surface area (TPSA) is 45.4 Å². The molecule has 1 rings (SSSR count). The van der Waals surface area contributed by atoms with Gasteiger partial charge >= 0.3 is 0 Å². The summed E-state index contributed by atoms with van der Waals surface area (Å²) < 4.78 is 5.98. The Morgan fingerprint density at radius 2 is 2.42 bits per heavy atom. The molecule has 1 atom stereocenters. The van der Waals surface area contributed by atoms with Gasteiger partial charge in [0.1, 0.15) is 5.76 Å². The van der Waals surface area contributed by atoms with Gasteiger partial charge in [0.25, 0.3) is 0 Å². The average molecular weight is 234 g/mol. The lowest BCUT2D eigenvalue weighted by atomic mass is 10.3. The normalized spacial score (nSPS) is 13.2. The van der Waals surface area contributed by atoms with Crippen molar-refractivity contribution in [1.29, 1.82) is 0 Å². The summed E-state index contributed by atoms with van der Waals surface area (Å²) in [6.45, 7) is 2.70. The molecule has 0 aliphatic heterocycles. The van der Waals surface area contributed by atoms with Crippen molar-refractivity contribution in [3.63, 3.8) is 0 Å². The first-order valence-corrected chi connectivity index (χ1v) is 4.60. The Morgan fingerprint density at radius 1 is 1.67 bits per heavy atom. The van der Waals surface area contributed by atoms with Crippen LogP contribution in [0.25, 0.3) is 0 Å². The third-order valence-corrected chi connectivity index (χ3v) is 1.95. The molecule has 0 aliphatic carbocycles. The van der Waals surface area contributed by atoms with Gasteiger partial charge in [-0.3, -0.25) is 0 Å². The van der Waals surface area contributed by atoms with E-state index in [1.165, 1.54) is 0 Å². The molecule has 1 aromatic rings. The lowest BCUT2D eigenvalue weighted by Gasteiger charge is -2.07. The molecule has 3 nitrogen and oxygen atoms in total. The van der Waals surface area contributed by atoms with Crippen molar-refractivity contribution < 1.29 is 9.52 Å². The minimum absolute atomic E-state index is 0.105. The van der Waals surface area contributed by atoms with Crippen molar-refractivity contribution in [2.75, 3.05) is 6.61 Å². The van der Waals surface area contributed by atoms with E-state index < -0.39 is 0 Å². The summed E-state index contributed by atoms with van der Waals surface area (Å²) >= 11 is 3.21. The molecule has 0 aliphatic rings. The van der Waals surface area contributed by atoms with Gasteiger partial charge in [0, 0.05) is 6.04 Å². The molecule has 0 unspecified atom stereocenters. The highest BCUT2D eigenvalue weighted by atomic mass is 79.9. The highest BCUT2D eigenvalue weighted by Crippen LogP contribution is 2.13. The van der Waals surface area contributed by atoms with E-state index in [-0.39, 0.29) is 12.6 Å². The van der Waals surface area contributed by atoms with E-state index in [2.05, 4.69) is 21.2 Å². The highest BCUT2D eigenvalue weighted by Gasteiger charge is 2.01. The van der Waals surface area contributed by atoms with Gasteiger partial charge in [0.15, 0.2) is 4.67 Å². The molecule has 0 radical (unpaired) electrons. The number of aliphatic hydroxyl groups excluding tert-OH is 1. The second-order valence-electron chi connectivity index (χ2n) is 2.67. The standard InChI is InChI=1S/C8H12BrNO2/c1-6(5-11)10-4-7-2-3-8(9)12-7/h2-3,6,10-11H,4-5H2,1H3/t6-/m0/s1. The first-order valence-electron chi connectivity index (χ1n) is 3.81. The van der Waals surface area contributed by atoms with Crippen LogP contribution in [0.5, 0.6) is 0 Å². The van der Waals surface area contributed by atoms with Crippen LogP contribution in [0, 0.1) is 0 Å². The smallest absolute Gasteiger partial charge is 0.169 e. The summed E-state index contributed by atoms with van der Waals surface area (Å²) in [7, 11) is 0. The van der Waals surface area contributed by atoms with Crippen molar-refractivity contribution in [3.8, 4) is 0 Å². The van der Waals surface area contributed by atoms with Gasteiger partial charge in [-0.2, -0.15) is 0 Å². The van der Waals surface area contributed by atoms with E-state index >= 15 is 0 Å². The van der Waals surface area contributed by atoms with Crippen LogP contribution in [0.1, 0.15) is 12.7 Å². The molecular weight excluding hydrogens is 222 g/mol. The molecule has 4 heteroatoms. The third-order valence-electron chi connectivity index (χ3n) is 1.53. The third kappa shape index (κ3) is 2.97. The second-order valence-corrected chi connectivity index (χ2v) is 3.45. The zero-order chi connectivity index (χ0) is 8.97. The summed E-state index contributed by atoms with van der Waals surface area (Å²) in [6.07, 6.45) is 0. The Hall–Kier alpha value is -0.320. The van der Waals surface area contributed by atoms with Crippen LogP contribution in [-0.2, 0) is 6.54 Å². The number of hydrogen-bond donors (Lipinski definition) is 2. The number of aliphatic hydroxyl groups is 1. The minimum atomic E-state index is 0.105. The Balaban J connectivity index is 2.33. The molecule has 0 fully saturated rings. The first kappa shape index (κ1) is 9.77. The van der Waals surface area contributed by atoms with Crippen LogP contribution in [-0.4, -0.2) is 17.8 Å². The number of hydrogen-bond acceptors (Lipinski definition) is 3. The van der Waals surface area contributed by atoms with Gasteiger partial charge in [-0.15, -0.1) is 0 Å². The largest absolute Gasteiger partial charge is 0.453 e. The zero-order valence-electron chi connectivity index (χ0n) is 6.88. The molecule has 0 saturated heterocycles. The van der Waals surface area contributed by atoms with E-state index in [1.54, 1.807) is 0 Å². The fraction of sp³-hybridized carbons (Fsp3) is 0.500. The van der Waals surface area contributed by atoms with E-state index in [9.17, 15) is 0 Å². The molecule has 0 bridgehead atoms. The van der Waals surface area contributed by atoms with Crippen LogP contribution in [0.4, 0.5) is 0 Å². The Bertz CT molecular complexity index is 237. The number of rotatable bonds is 4. The van der Waals surface area contributed by atoms with Crippen LogP contribution >= 0.6 is 15.9 Å². The number of furan rings is 1. The van der Waals surface area contributed by atoms with Gasteiger partial charge in [0.05, 0.1) is 13.2 Å². The predicted molar refractivity (Wildman–Crippen MR) is 49.8 cm³/mol. The maximum atomic E-state index is 8.72. The zero-order valence-corrected chi connectivity index (χ0v) is 8.47. The fourth-order valence-corrected chi connectivity index (χ4v) is 1.13. The molecular formula is C8H12BrNO2. The Labute approximate surface area is 79.9 Å². The van der Waals surface area contributed by atoms with Crippen LogP contribution in [0.3, 0.4) is 0 Å². The lowest BCUT2D eigenvalue weighted by Crippen LogP contribution is -2.28. The molecule has 68 valence electrons. The van der Waals surface area contributed by atoms with Crippen molar-refractivity contribution >= 4 is 15.9 Å². The van der Waals surface area contributed by atoms with Gasteiger partial charge < -0.3 is 14.8 Å². The Kier molecular flexibility index (Phi) is 3.78. The van der Waals surface area contributed by atoms with Crippen LogP contribution < -0.4 is 5.32 Å². The summed E-state index contributed by atoms with van der Waals surface area (Å²) in [5, 5.41) is 11.8. The number of halogens is 1. The van der Waals surface area contributed by atoms with Gasteiger partial charge in [-0.05, 0) is 35.0 Å². The number of nitrogens with one attached hydrogen (secondary N) is 1. The monoisotopic (exact) mass is 233 g/mol. The maximum absolute atomic E-state index is 8.72. The van der Waals surface area contributed by atoms with E-state index in [4.69, 9.17) is 9.52 Å². The van der Waals surface area contributed by atoms with Crippen molar-refractivity contribution in [2.24, 2.45) is 0 Å². The van der Waals surface area contributed by atoms with Crippen molar-refractivity contribution in [1.82, 2.24) is 5.32 Å². The summed E-state index contributed by atoms with van der Waals surface area (Å²) in [6, 6.07) is 3.84. The molecule has 2 N–H and O–H groups in total. The van der Waals surface area contributed by atoms with E-state index in [1.807, 2.05) is 19.1 Å². The SMILES string of the molecule is C[C@@H](CO)NCc1ccc(Br)o1. The van der Waals surface area contributed by atoms with Gasteiger partial charge in [0.2, 0.25) is 0 Å².